The molecule has 0 aliphatic heterocycles. The normalized spacial score (nSPS) is 13.9. The molecule has 0 bridgehead atoms. The maximum absolute atomic E-state index is 4.80. The summed E-state index contributed by atoms with van der Waals surface area (Å²) in [5, 5.41) is 15.0. The van der Waals surface area contributed by atoms with Gasteiger partial charge in [0.2, 0.25) is 0 Å². The number of para-hydroxylation sites is 2. The van der Waals surface area contributed by atoms with Gasteiger partial charge in [-0.1, -0.05) is 318 Å². The van der Waals surface area contributed by atoms with Gasteiger partial charge in [-0.15, -0.1) is 0 Å². The van der Waals surface area contributed by atoms with E-state index in [4.69, 9.17) is 6.58 Å². The van der Waals surface area contributed by atoms with E-state index in [-0.39, 0.29) is 5.41 Å². The van der Waals surface area contributed by atoms with E-state index in [1.807, 2.05) is 0 Å². The molecular weight excluding hydrogens is 1350 g/mol. The third kappa shape index (κ3) is 8.86. The summed E-state index contributed by atoms with van der Waals surface area (Å²) in [6.45, 7) is 9.62. The van der Waals surface area contributed by atoms with Crippen molar-refractivity contribution in [1.82, 2.24) is 9.13 Å². The van der Waals surface area contributed by atoms with Crippen molar-refractivity contribution < 1.29 is 0 Å². The van der Waals surface area contributed by atoms with E-state index in [2.05, 4.69) is 399 Å². The molecule has 2 heterocycles. The van der Waals surface area contributed by atoms with Crippen molar-refractivity contribution in [3.8, 4) is 78.1 Å². The minimum Gasteiger partial charge on any atom is -0.309 e. The lowest BCUT2D eigenvalue weighted by molar-refractivity contribution is 0.660. The van der Waals surface area contributed by atoms with Crippen molar-refractivity contribution >= 4 is 117 Å². The smallest absolute Gasteiger partial charge is 0.0725 e. The monoisotopic (exact) mass is 1420 g/mol. The van der Waals surface area contributed by atoms with Crippen LogP contribution in [-0.4, -0.2) is 9.13 Å². The average Bonchev–Trinajstić information content (AvgIpc) is 1.50. The second kappa shape index (κ2) is 23.4. The number of rotatable bonds is 8. The Morgan fingerprint density at radius 1 is 0.223 bits per heavy atom. The predicted molar refractivity (Wildman–Crippen MR) is 474 cm³/mol. The first-order valence-corrected chi connectivity index (χ1v) is 39.2. The van der Waals surface area contributed by atoms with Crippen molar-refractivity contribution in [1.29, 1.82) is 0 Å². The molecule has 2 aromatic heterocycles. The van der Waals surface area contributed by atoms with Crippen molar-refractivity contribution in [2.45, 2.75) is 24.7 Å². The van der Waals surface area contributed by atoms with E-state index in [9.17, 15) is 0 Å². The van der Waals surface area contributed by atoms with Gasteiger partial charge in [-0.05, 0) is 250 Å². The summed E-state index contributed by atoms with van der Waals surface area (Å²) in [4.78, 5) is 0. The van der Waals surface area contributed by atoms with Gasteiger partial charge in [-0.2, -0.15) is 0 Å². The second-order valence-corrected chi connectivity index (χ2v) is 31.8. The Morgan fingerprint density at radius 2 is 0.554 bits per heavy atom. The highest BCUT2D eigenvalue weighted by atomic mass is 15.0. The first-order valence-electron chi connectivity index (χ1n) is 39.2. The number of hydrogen-bond acceptors (Lipinski definition) is 0. The van der Waals surface area contributed by atoms with E-state index < -0.39 is 5.41 Å². The average molecular weight is 1420 g/mol. The fraction of sp³-hybridized carbons (Fsp3) is 0.0364. The summed E-state index contributed by atoms with van der Waals surface area (Å²) in [6, 6.07) is 133. The Balaban J connectivity index is 0.525. The van der Waals surface area contributed by atoms with E-state index in [1.54, 1.807) is 0 Å². The van der Waals surface area contributed by atoms with E-state index in [1.165, 1.54) is 220 Å². The minimum atomic E-state index is -0.514. The highest BCUT2D eigenvalue weighted by molar-refractivity contribution is 6.18. The third-order valence-corrected chi connectivity index (χ3v) is 25.8. The summed E-state index contributed by atoms with van der Waals surface area (Å²) < 4.78 is 4.95. The minimum absolute atomic E-state index is 0.221. The summed E-state index contributed by atoms with van der Waals surface area (Å²) in [5.74, 6) is 0. The molecule has 4 aliphatic rings. The zero-order valence-electron chi connectivity index (χ0n) is 61.9. The maximum atomic E-state index is 4.80. The molecule has 18 aromatic carbocycles. The molecule has 0 N–H and O–H groups in total. The summed E-state index contributed by atoms with van der Waals surface area (Å²) in [6.07, 6.45) is 9.26. The number of aromatic nitrogens is 2. The first kappa shape index (κ1) is 62.8. The number of fused-ring (bicyclic) bond motifs is 28. The van der Waals surface area contributed by atoms with Crippen LogP contribution in [0.25, 0.3) is 195 Å². The molecule has 20 aromatic rings. The van der Waals surface area contributed by atoms with Crippen molar-refractivity contribution in [3.63, 3.8) is 0 Å². The van der Waals surface area contributed by atoms with E-state index in [0.29, 0.717) is 0 Å². The lowest BCUT2D eigenvalue weighted by Gasteiger charge is -2.30. The van der Waals surface area contributed by atoms with Crippen LogP contribution in [0.4, 0.5) is 0 Å². The van der Waals surface area contributed by atoms with Crippen LogP contribution in [0, 0.1) is 0 Å². The van der Waals surface area contributed by atoms with Gasteiger partial charge in [-0.25, -0.2) is 0 Å². The van der Waals surface area contributed by atoms with E-state index >= 15 is 0 Å². The topological polar surface area (TPSA) is 9.86 Å². The van der Waals surface area contributed by atoms with Gasteiger partial charge in [-0.3, -0.25) is 0 Å². The molecule has 0 saturated heterocycles. The lowest BCUT2D eigenvalue weighted by atomic mass is 9.70. The third-order valence-electron chi connectivity index (χ3n) is 25.8. The molecule has 2 nitrogen and oxygen atoms in total. The second-order valence-electron chi connectivity index (χ2n) is 31.8. The molecular formula is C110H70N2. The van der Waals surface area contributed by atoms with Crippen LogP contribution in [-0.2, 0) is 10.8 Å². The van der Waals surface area contributed by atoms with Crippen LogP contribution in [0.1, 0.15) is 80.6 Å². The molecule has 0 amide bonds. The van der Waals surface area contributed by atoms with Crippen LogP contribution in [0.2, 0.25) is 0 Å². The van der Waals surface area contributed by atoms with Crippen LogP contribution in [0.3, 0.4) is 0 Å². The molecule has 1 spiro atoms. The summed E-state index contributed by atoms with van der Waals surface area (Å²) >= 11 is 0. The standard InChI is InChI=1S/C110H70N2/c1-66-93-56-67(40-48-81(93)82-52-44-71(60-94(66)82)72-46-54-105-95(61-72)91-30-14-18-34-103(91)111(105)107-64-75-20-4-6-22-77(75)79-24-8-10-28-89(79)107)36-37-69-42-50-87-88-51-43-70(59-102(88)110(101(87)58-69)97-32-16-12-26-83(97)84-27-13-17-33-98(84)110)39-38-68-41-49-85-86-53-45-74(63-100(86)109(2,3)99(85)57-68)73-47-55-106-96(62-73)92-31-15-19-35-104(92)112(106)108-65-76-21-5-7-23-78(76)80-25-9-11-29-90(80)108/h4-65H,1H2,2-3H3/b37-36+,39-38+. The quantitative estimate of drug-likeness (QED) is 0.106. The molecule has 0 fully saturated rings. The Labute approximate surface area is 649 Å². The highest BCUT2D eigenvalue weighted by Gasteiger charge is 2.52. The Hall–Kier alpha value is -14.2. The molecule has 0 saturated carbocycles. The van der Waals surface area contributed by atoms with Crippen LogP contribution in [0.15, 0.2) is 358 Å². The fourth-order valence-electron chi connectivity index (χ4n) is 20.6. The molecule has 112 heavy (non-hydrogen) atoms. The Kier molecular flexibility index (Phi) is 13.1. The number of nitrogens with zero attached hydrogens (tertiary/aromatic N) is 2. The molecule has 0 radical (unpaired) electrons. The first-order chi connectivity index (χ1) is 55.2. The van der Waals surface area contributed by atoms with Crippen molar-refractivity contribution in [3.05, 3.63) is 425 Å². The number of hydrogen-bond donors (Lipinski definition) is 0. The zero-order valence-corrected chi connectivity index (χ0v) is 61.9. The maximum Gasteiger partial charge on any atom is 0.0725 e. The molecule has 0 atom stereocenters. The van der Waals surface area contributed by atoms with Crippen LogP contribution in [0.5, 0.6) is 0 Å². The Bertz CT molecular complexity index is 7640. The van der Waals surface area contributed by atoms with E-state index in [0.717, 1.165) is 16.7 Å². The van der Waals surface area contributed by atoms with Gasteiger partial charge in [0.15, 0.2) is 0 Å². The fourth-order valence-corrected chi connectivity index (χ4v) is 20.6. The highest BCUT2D eigenvalue weighted by Crippen LogP contribution is 2.63. The SMILES string of the molecule is C=C1c2cc(/C=C/c3ccc4c(c3)C3(c5ccccc5-c5ccccc53)c3cc(/C=C/c5ccc6c(c5)C(C)(C)c5cc(-c7ccc8c(c7)c7ccccc7n8-c7cc8ccccc8c8ccccc78)ccc5-6)ccc3-4)ccc2-c2ccc(-c3ccc4c(c3)c3ccccc3n4-c3cc4ccccc4c4ccccc34)cc21. The van der Waals surface area contributed by atoms with Crippen LogP contribution < -0.4 is 0 Å². The van der Waals surface area contributed by atoms with Gasteiger partial charge in [0.25, 0.3) is 0 Å². The van der Waals surface area contributed by atoms with Gasteiger partial charge < -0.3 is 9.13 Å². The summed E-state index contributed by atoms with van der Waals surface area (Å²) in [7, 11) is 0. The lowest BCUT2D eigenvalue weighted by Crippen LogP contribution is -2.26. The summed E-state index contributed by atoms with van der Waals surface area (Å²) in [5.41, 5.74) is 37.7. The van der Waals surface area contributed by atoms with Gasteiger partial charge in [0.05, 0.1) is 38.9 Å². The van der Waals surface area contributed by atoms with Gasteiger partial charge in [0.1, 0.15) is 0 Å². The molecule has 24 rings (SSSR count). The molecule has 4 aliphatic carbocycles. The largest absolute Gasteiger partial charge is 0.309 e. The molecule has 2 heteroatoms. The molecule has 520 valence electrons. The van der Waals surface area contributed by atoms with Crippen LogP contribution >= 0.6 is 0 Å². The number of benzene rings is 18. The van der Waals surface area contributed by atoms with Gasteiger partial charge in [0, 0.05) is 37.7 Å². The molecule has 0 unspecified atom stereocenters. The van der Waals surface area contributed by atoms with Gasteiger partial charge >= 0.3 is 0 Å². The predicted octanol–water partition coefficient (Wildman–Crippen LogP) is 28.9. The zero-order chi connectivity index (χ0) is 73.8. The van der Waals surface area contributed by atoms with Crippen molar-refractivity contribution in [2.75, 3.05) is 0 Å². The van der Waals surface area contributed by atoms with Crippen molar-refractivity contribution in [2.24, 2.45) is 0 Å². The Morgan fingerprint density at radius 3 is 1.06 bits per heavy atom.